The Morgan fingerprint density at radius 1 is 1.28 bits per heavy atom. The maximum absolute atomic E-state index is 12.9. The zero-order valence-corrected chi connectivity index (χ0v) is 13.9. The van der Waals surface area contributed by atoms with Gasteiger partial charge in [0.25, 0.3) is 5.56 Å². The normalized spacial score (nSPS) is 15.2. The Kier molecular flexibility index (Phi) is 3.18. The summed E-state index contributed by atoms with van der Waals surface area (Å²) < 4.78 is 7.00. The first-order valence-electron chi connectivity index (χ1n) is 7.97. The second-order valence-electron chi connectivity index (χ2n) is 6.69. The van der Waals surface area contributed by atoms with Gasteiger partial charge in [-0.05, 0) is 37.6 Å². The third-order valence-electron chi connectivity index (χ3n) is 4.57. The highest BCUT2D eigenvalue weighted by atomic mass is 16.6. The van der Waals surface area contributed by atoms with Crippen molar-refractivity contribution >= 4 is 22.4 Å². The minimum Gasteiger partial charge on any atom is -0.451 e. The zero-order valence-electron chi connectivity index (χ0n) is 13.9. The van der Waals surface area contributed by atoms with Gasteiger partial charge >= 0.3 is 5.97 Å². The van der Waals surface area contributed by atoms with Gasteiger partial charge in [-0.15, -0.1) is 0 Å². The molecule has 1 aliphatic heterocycles. The summed E-state index contributed by atoms with van der Waals surface area (Å²) in [6.45, 7) is 4.01. The number of anilines is 1. The molecule has 0 amide bonds. The first-order chi connectivity index (χ1) is 11.9. The van der Waals surface area contributed by atoms with Gasteiger partial charge in [0.15, 0.2) is 0 Å². The highest BCUT2D eigenvalue weighted by molar-refractivity contribution is 6.11. The molecule has 6 heteroatoms. The average Bonchev–Trinajstić information content (AvgIpc) is 2.80. The molecule has 0 spiro atoms. The van der Waals surface area contributed by atoms with Crippen molar-refractivity contribution in [3.63, 3.8) is 0 Å². The number of nitrogens with two attached hydrogens (primary N) is 1. The van der Waals surface area contributed by atoms with E-state index in [0.29, 0.717) is 34.1 Å². The molecule has 0 bridgehead atoms. The Morgan fingerprint density at radius 2 is 2.08 bits per heavy atom. The highest BCUT2D eigenvalue weighted by Gasteiger charge is 2.39. The van der Waals surface area contributed by atoms with Crippen molar-refractivity contribution in [3.8, 4) is 0 Å². The largest absolute Gasteiger partial charge is 0.451 e. The number of aromatic nitrogens is 2. The predicted molar refractivity (Wildman–Crippen MR) is 94.4 cm³/mol. The minimum atomic E-state index is -0.751. The zero-order chi connectivity index (χ0) is 17.8. The van der Waals surface area contributed by atoms with Crippen molar-refractivity contribution < 1.29 is 9.53 Å². The van der Waals surface area contributed by atoms with E-state index in [1.807, 2.05) is 26.0 Å². The van der Waals surface area contributed by atoms with Crippen molar-refractivity contribution in [3.05, 3.63) is 69.9 Å². The van der Waals surface area contributed by atoms with E-state index >= 15 is 0 Å². The molecular weight excluding hydrogens is 318 g/mol. The fourth-order valence-corrected chi connectivity index (χ4v) is 3.35. The topological polar surface area (TPSA) is 87.2 Å². The van der Waals surface area contributed by atoms with E-state index in [0.717, 1.165) is 5.56 Å². The molecule has 0 saturated heterocycles. The lowest BCUT2D eigenvalue weighted by atomic mass is 9.91. The van der Waals surface area contributed by atoms with Crippen molar-refractivity contribution in [2.24, 2.45) is 0 Å². The van der Waals surface area contributed by atoms with E-state index < -0.39 is 11.6 Å². The van der Waals surface area contributed by atoms with Gasteiger partial charge in [0.1, 0.15) is 5.60 Å². The fourth-order valence-electron chi connectivity index (χ4n) is 3.35. The molecule has 2 aromatic heterocycles. The molecule has 0 aliphatic carbocycles. The van der Waals surface area contributed by atoms with Crippen molar-refractivity contribution in [2.45, 2.75) is 26.0 Å². The number of hydrogen-bond acceptors (Lipinski definition) is 5. The van der Waals surface area contributed by atoms with E-state index in [1.165, 1.54) is 0 Å². The maximum Gasteiger partial charge on any atom is 0.340 e. The number of esters is 1. The molecule has 0 atom stereocenters. The number of ether oxygens (including phenoxy) is 1. The number of cyclic esters (lactones) is 1. The van der Waals surface area contributed by atoms with Crippen molar-refractivity contribution in [1.29, 1.82) is 0 Å². The first kappa shape index (κ1) is 15.4. The molecular formula is C19H17N3O3. The minimum absolute atomic E-state index is 0.237. The van der Waals surface area contributed by atoms with Crippen LogP contribution in [0.25, 0.3) is 10.8 Å². The number of pyridine rings is 2. The van der Waals surface area contributed by atoms with Crippen LogP contribution in [0.4, 0.5) is 5.69 Å². The van der Waals surface area contributed by atoms with Crippen LogP contribution in [-0.2, 0) is 16.9 Å². The highest BCUT2D eigenvalue weighted by Crippen LogP contribution is 2.40. The second kappa shape index (κ2) is 5.17. The smallest absolute Gasteiger partial charge is 0.340 e. The van der Waals surface area contributed by atoms with E-state index in [1.54, 1.807) is 35.3 Å². The number of fused-ring (bicyclic) bond motifs is 3. The first-order valence-corrected chi connectivity index (χ1v) is 7.97. The van der Waals surface area contributed by atoms with Gasteiger partial charge in [-0.25, -0.2) is 4.79 Å². The van der Waals surface area contributed by atoms with Crippen LogP contribution in [0.3, 0.4) is 0 Å². The SMILES string of the molecule is CC1(C)OC(=O)c2c1cc(N)c1c(=O)n(Cc3cccnc3)ccc21. The average molecular weight is 335 g/mol. The summed E-state index contributed by atoms with van der Waals surface area (Å²) in [4.78, 5) is 29.3. The molecule has 3 aromatic rings. The third-order valence-corrected chi connectivity index (χ3v) is 4.57. The van der Waals surface area contributed by atoms with Crippen LogP contribution in [0.2, 0.25) is 0 Å². The summed E-state index contributed by atoms with van der Waals surface area (Å²) in [5.74, 6) is -0.422. The molecule has 3 heterocycles. The van der Waals surface area contributed by atoms with Crippen molar-refractivity contribution in [2.75, 3.05) is 5.73 Å². The summed E-state index contributed by atoms with van der Waals surface area (Å²) in [5, 5.41) is 0.887. The van der Waals surface area contributed by atoms with Crippen LogP contribution in [0.5, 0.6) is 0 Å². The van der Waals surface area contributed by atoms with Gasteiger partial charge in [-0.1, -0.05) is 6.07 Å². The number of nitrogen functional groups attached to an aromatic ring is 1. The van der Waals surface area contributed by atoms with Crippen LogP contribution in [0, 0.1) is 0 Å². The lowest BCUT2D eigenvalue weighted by Gasteiger charge is -2.18. The van der Waals surface area contributed by atoms with Gasteiger partial charge < -0.3 is 15.0 Å². The lowest BCUT2D eigenvalue weighted by Crippen LogP contribution is -2.22. The van der Waals surface area contributed by atoms with Crippen LogP contribution >= 0.6 is 0 Å². The summed E-state index contributed by atoms with van der Waals surface area (Å²) in [6.07, 6.45) is 5.07. The molecule has 0 saturated carbocycles. The summed E-state index contributed by atoms with van der Waals surface area (Å²) in [7, 11) is 0. The Bertz CT molecular complexity index is 1070. The fraction of sp³-hybridized carbons (Fsp3) is 0.211. The van der Waals surface area contributed by atoms with Gasteiger partial charge in [-0.3, -0.25) is 9.78 Å². The van der Waals surface area contributed by atoms with Gasteiger partial charge in [0, 0.05) is 35.2 Å². The predicted octanol–water partition coefficient (Wildman–Crippen LogP) is 2.43. The van der Waals surface area contributed by atoms with E-state index in [4.69, 9.17) is 10.5 Å². The molecule has 1 aromatic carbocycles. The number of nitrogens with zero attached hydrogens (tertiary/aromatic N) is 2. The van der Waals surface area contributed by atoms with Gasteiger partial charge in [0.05, 0.1) is 17.5 Å². The van der Waals surface area contributed by atoms with Crippen LogP contribution < -0.4 is 11.3 Å². The Hall–Kier alpha value is -3.15. The third kappa shape index (κ3) is 2.29. The number of rotatable bonds is 2. The summed E-state index contributed by atoms with van der Waals surface area (Å²) in [6, 6.07) is 7.15. The number of benzene rings is 1. The maximum atomic E-state index is 12.9. The molecule has 4 rings (SSSR count). The Morgan fingerprint density at radius 3 is 2.80 bits per heavy atom. The number of carbonyl (C=O) groups excluding carboxylic acids is 1. The summed E-state index contributed by atoms with van der Waals surface area (Å²) in [5.41, 5.74) is 7.58. The molecule has 6 nitrogen and oxygen atoms in total. The van der Waals surface area contributed by atoms with Crippen LogP contribution in [0.1, 0.15) is 35.3 Å². The van der Waals surface area contributed by atoms with E-state index in [2.05, 4.69) is 4.98 Å². The van der Waals surface area contributed by atoms with Crippen molar-refractivity contribution in [1.82, 2.24) is 9.55 Å². The number of carbonyl (C=O) groups is 1. The molecule has 1 aliphatic rings. The van der Waals surface area contributed by atoms with E-state index in [9.17, 15) is 9.59 Å². The van der Waals surface area contributed by atoms with Gasteiger partial charge in [0.2, 0.25) is 0 Å². The molecule has 0 unspecified atom stereocenters. The molecule has 2 N–H and O–H groups in total. The number of hydrogen-bond donors (Lipinski definition) is 1. The standard InChI is InChI=1S/C19H17N3O3/c1-19(2)13-8-14(20)16-12(15(13)18(24)25-19)5-7-22(17(16)23)10-11-4-3-6-21-9-11/h3-9H,10,20H2,1-2H3. The van der Waals surface area contributed by atoms with Crippen LogP contribution in [-0.4, -0.2) is 15.5 Å². The molecule has 25 heavy (non-hydrogen) atoms. The molecule has 0 radical (unpaired) electrons. The Balaban J connectivity index is 1.95. The molecule has 0 fully saturated rings. The Labute approximate surface area is 143 Å². The van der Waals surface area contributed by atoms with E-state index in [-0.39, 0.29) is 5.56 Å². The lowest BCUT2D eigenvalue weighted by molar-refractivity contribution is 0.00962. The van der Waals surface area contributed by atoms with Crippen LogP contribution in [0.15, 0.2) is 47.7 Å². The molecule has 126 valence electrons. The quantitative estimate of drug-likeness (QED) is 0.574. The summed E-state index contributed by atoms with van der Waals surface area (Å²) >= 11 is 0. The second-order valence-corrected chi connectivity index (χ2v) is 6.69. The van der Waals surface area contributed by atoms with Gasteiger partial charge in [-0.2, -0.15) is 0 Å². The monoisotopic (exact) mass is 335 g/mol.